The van der Waals surface area contributed by atoms with Gasteiger partial charge in [0.25, 0.3) is 0 Å². The highest BCUT2D eigenvalue weighted by Crippen LogP contribution is 2.28. The van der Waals surface area contributed by atoms with Gasteiger partial charge in [-0.2, -0.15) is 0 Å². The van der Waals surface area contributed by atoms with Crippen molar-refractivity contribution in [1.29, 1.82) is 0 Å². The van der Waals surface area contributed by atoms with E-state index in [1.807, 2.05) is 13.8 Å². The number of benzene rings is 1. The highest BCUT2D eigenvalue weighted by molar-refractivity contribution is 7.89. The topological polar surface area (TPSA) is 80.4 Å². The average Bonchev–Trinajstić information content (AvgIpc) is 2.17. The minimum Gasteiger partial charge on any atom is -0.396 e. The van der Waals surface area contributed by atoms with Crippen molar-refractivity contribution >= 4 is 10.0 Å². The fourth-order valence-corrected chi connectivity index (χ4v) is 2.53. The summed E-state index contributed by atoms with van der Waals surface area (Å²) in [5.41, 5.74) is 0.586. The minimum atomic E-state index is -3.73. The molecule has 0 saturated carbocycles. The molecule has 0 heterocycles. The first kappa shape index (κ1) is 13.2. The molecule has 3 N–H and O–H groups in total. The summed E-state index contributed by atoms with van der Waals surface area (Å²) in [4.78, 5) is 0.0998. The normalized spacial score (nSPS) is 14.1. The number of aliphatic hydroxyl groups excluding tert-OH is 1. The maximum absolute atomic E-state index is 11.4. The molecule has 0 spiro atoms. The monoisotopic (exact) mass is 243 g/mol. The molecule has 1 atom stereocenters. The molecule has 5 heteroatoms. The van der Waals surface area contributed by atoms with E-state index in [9.17, 15) is 13.5 Å². The van der Waals surface area contributed by atoms with Crippen LogP contribution < -0.4 is 5.14 Å². The Hall–Kier alpha value is -0.910. The van der Waals surface area contributed by atoms with Crippen LogP contribution in [0.1, 0.15) is 25.3 Å². The van der Waals surface area contributed by atoms with Gasteiger partial charge in [0.1, 0.15) is 0 Å². The second kappa shape index (κ2) is 4.95. The van der Waals surface area contributed by atoms with E-state index in [1.54, 1.807) is 18.2 Å². The molecule has 90 valence electrons. The summed E-state index contributed by atoms with van der Waals surface area (Å²) >= 11 is 0. The smallest absolute Gasteiger partial charge is 0.238 e. The molecule has 1 aromatic carbocycles. The molecule has 0 aliphatic heterocycles. The maximum atomic E-state index is 11.4. The number of hydrogen-bond acceptors (Lipinski definition) is 3. The minimum absolute atomic E-state index is 0.0931. The van der Waals surface area contributed by atoms with Crippen molar-refractivity contribution in [2.24, 2.45) is 11.1 Å². The van der Waals surface area contributed by atoms with Gasteiger partial charge in [0, 0.05) is 5.92 Å². The van der Waals surface area contributed by atoms with Crippen LogP contribution in [0.5, 0.6) is 0 Å². The fraction of sp³-hybridized carbons (Fsp3) is 0.455. The van der Waals surface area contributed by atoms with Gasteiger partial charge in [-0.25, -0.2) is 13.6 Å². The number of primary sulfonamides is 1. The molecule has 1 rings (SSSR count). The molecule has 0 saturated heterocycles. The lowest BCUT2D eigenvalue weighted by atomic mass is 9.89. The Morgan fingerprint density at radius 3 is 2.31 bits per heavy atom. The molecule has 0 bridgehead atoms. The number of aliphatic hydroxyl groups is 1. The predicted molar refractivity (Wildman–Crippen MR) is 62.5 cm³/mol. The molecule has 0 radical (unpaired) electrons. The van der Waals surface area contributed by atoms with Crippen LogP contribution in [0, 0.1) is 5.92 Å². The number of nitrogens with two attached hydrogens (primary N) is 1. The quantitative estimate of drug-likeness (QED) is 0.830. The van der Waals surface area contributed by atoms with Gasteiger partial charge in [-0.1, -0.05) is 32.0 Å². The van der Waals surface area contributed by atoms with Gasteiger partial charge in [-0.15, -0.1) is 0 Å². The lowest BCUT2D eigenvalue weighted by molar-refractivity contribution is 0.235. The van der Waals surface area contributed by atoms with E-state index >= 15 is 0 Å². The molecule has 0 aliphatic carbocycles. The zero-order chi connectivity index (χ0) is 12.3. The Labute approximate surface area is 96.2 Å². The van der Waals surface area contributed by atoms with E-state index in [1.165, 1.54) is 6.07 Å². The van der Waals surface area contributed by atoms with Crippen molar-refractivity contribution in [3.05, 3.63) is 29.8 Å². The summed E-state index contributed by atoms with van der Waals surface area (Å²) in [7, 11) is -3.73. The second-order valence-electron chi connectivity index (χ2n) is 4.12. The zero-order valence-corrected chi connectivity index (χ0v) is 10.2. The summed E-state index contributed by atoms with van der Waals surface area (Å²) in [6, 6.07) is 6.53. The summed E-state index contributed by atoms with van der Waals surface area (Å²) in [6.07, 6.45) is 0. The van der Waals surface area contributed by atoms with Gasteiger partial charge >= 0.3 is 0 Å². The third-order valence-corrected chi connectivity index (χ3v) is 3.61. The Morgan fingerprint density at radius 1 is 1.31 bits per heavy atom. The first-order valence-corrected chi connectivity index (χ1v) is 6.65. The van der Waals surface area contributed by atoms with Gasteiger partial charge < -0.3 is 5.11 Å². The highest BCUT2D eigenvalue weighted by Gasteiger charge is 2.22. The van der Waals surface area contributed by atoms with E-state index in [-0.39, 0.29) is 23.3 Å². The molecular formula is C11H17NO3S. The van der Waals surface area contributed by atoms with Crippen LogP contribution in [0.3, 0.4) is 0 Å². The van der Waals surface area contributed by atoms with E-state index in [4.69, 9.17) is 5.14 Å². The summed E-state index contributed by atoms with van der Waals surface area (Å²) in [5.74, 6) is -0.0672. The molecular weight excluding hydrogens is 226 g/mol. The standard InChI is InChI=1S/C11H17NO3S/c1-8(2)10(7-13)9-5-3-4-6-11(9)16(12,14)15/h3-6,8,10,13H,7H2,1-2H3,(H2,12,14,15)/t10-/m0/s1. The van der Waals surface area contributed by atoms with Crippen LogP contribution >= 0.6 is 0 Å². The lowest BCUT2D eigenvalue weighted by Crippen LogP contribution is -2.19. The molecule has 0 aromatic heterocycles. The first-order valence-electron chi connectivity index (χ1n) is 5.10. The van der Waals surface area contributed by atoms with Gasteiger partial charge in [-0.05, 0) is 17.5 Å². The van der Waals surface area contributed by atoms with Crippen LogP contribution in [0.15, 0.2) is 29.2 Å². The van der Waals surface area contributed by atoms with Crippen LogP contribution in [0.2, 0.25) is 0 Å². The zero-order valence-electron chi connectivity index (χ0n) is 9.42. The van der Waals surface area contributed by atoms with E-state index in [0.29, 0.717) is 5.56 Å². The van der Waals surface area contributed by atoms with E-state index in [0.717, 1.165) is 0 Å². The molecule has 16 heavy (non-hydrogen) atoms. The van der Waals surface area contributed by atoms with Crippen molar-refractivity contribution in [1.82, 2.24) is 0 Å². The Balaban J connectivity index is 3.33. The van der Waals surface area contributed by atoms with Crippen molar-refractivity contribution in [3.8, 4) is 0 Å². The first-order chi connectivity index (χ1) is 7.38. The predicted octanol–water partition coefficient (Wildman–Crippen LogP) is 1.07. The molecule has 4 nitrogen and oxygen atoms in total. The molecule has 0 aliphatic rings. The summed E-state index contributed by atoms with van der Waals surface area (Å²) < 4.78 is 22.8. The maximum Gasteiger partial charge on any atom is 0.238 e. The van der Waals surface area contributed by atoms with Crippen LogP contribution in [-0.2, 0) is 10.0 Å². The van der Waals surface area contributed by atoms with Gasteiger partial charge in [0.05, 0.1) is 11.5 Å². The van der Waals surface area contributed by atoms with Gasteiger partial charge in [-0.3, -0.25) is 0 Å². The number of sulfonamides is 1. The highest BCUT2D eigenvalue weighted by atomic mass is 32.2. The average molecular weight is 243 g/mol. The molecule has 1 aromatic rings. The lowest BCUT2D eigenvalue weighted by Gasteiger charge is -2.20. The van der Waals surface area contributed by atoms with Gasteiger partial charge in [0.2, 0.25) is 10.0 Å². The Kier molecular flexibility index (Phi) is 4.07. The van der Waals surface area contributed by atoms with Crippen LogP contribution in [0.25, 0.3) is 0 Å². The summed E-state index contributed by atoms with van der Waals surface area (Å²) in [5, 5.41) is 14.4. The van der Waals surface area contributed by atoms with Crippen LogP contribution in [-0.4, -0.2) is 20.1 Å². The summed E-state index contributed by atoms with van der Waals surface area (Å²) in [6.45, 7) is 3.77. The fourth-order valence-electron chi connectivity index (χ4n) is 1.71. The third kappa shape index (κ3) is 2.81. The number of rotatable bonds is 4. The Bertz CT molecular complexity index is 454. The van der Waals surface area contributed by atoms with Crippen molar-refractivity contribution in [2.75, 3.05) is 6.61 Å². The SMILES string of the molecule is CC(C)[C@H](CO)c1ccccc1S(N)(=O)=O. The Morgan fingerprint density at radius 2 is 1.88 bits per heavy atom. The van der Waals surface area contributed by atoms with Crippen LogP contribution in [0.4, 0.5) is 0 Å². The van der Waals surface area contributed by atoms with Crippen molar-refractivity contribution < 1.29 is 13.5 Å². The second-order valence-corrected chi connectivity index (χ2v) is 5.65. The van der Waals surface area contributed by atoms with E-state index < -0.39 is 10.0 Å². The largest absolute Gasteiger partial charge is 0.396 e. The van der Waals surface area contributed by atoms with Gasteiger partial charge in [0.15, 0.2) is 0 Å². The number of hydrogen-bond donors (Lipinski definition) is 2. The van der Waals surface area contributed by atoms with Crippen molar-refractivity contribution in [3.63, 3.8) is 0 Å². The third-order valence-electron chi connectivity index (χ3n) is 2.63. The van der Waals surface area contributed by atoms with Crippen molar-refractivity contribution in [2.45, 2.75) is 24.7 Å². The van der Waals surface area contributed by atoms with E-state index in [2.05, 4.69) is 0 Å². The molecule has 0 fully saturated rings. The molecule has 0 amide bonds. The molecule has 0 unspecified atom stereocenters.